The number of para-hydroxylation sites is 1. The minimum Gasteiger partial charge on any atom is -0.313 e. The van der Waals surface area contributed by atoms with E-state index >= 15 is 0 Å². The molecule has 0 aliphatic carbocycles. The molecule has 1 N–H and O–H groups in total. The maximum atomic E-state index is 12.8. The molecule has 0 aliphatic rings. The van der Waals surface area contributed by atoms with Gasteiger partial charge in [-0.1, -0.05) is 72.2 Å². The number of imidazole rings is 1. The van der Waals surface area contributed by atoms with Gasteiger partial charge in [0.05, 0.1) is 17.6 Å². The van der Waals surface area contributed by atoms with Crippen LogP contribution in [0, 0.1) is 5.41 Å². The molecule has 0 bridgehead atoms. The fraction of sp³-hybridized carbons (Fsp3) is 0.167. The molecular weight excluding hydrogens is 357 g/mol. The minimum absolute atomic E-state index is 0.0364. The largest absolute Gasteiger partial charge is 0.313 e. The number of fused-ring (bicyclic) bond motifs is 1. The summed E-state index contributed by atoms with van der Waals surface area (Å²) in [6.07, 6.45) is 1.81. The lowest BCUT2D eigenvalue weighted by Gasteiger charge is -2.07. The van der Waals surface area contributed by atoms with Gasteiger partial charge in [-0.3, -0.25) is 10.2 Å². The van der Waals surface area contributed by atoms with Crippen LogP contribution >= 0.6 is 0 Å². The zero-order chi connectivity index (χ0) is 20.4. The molecule has 4 aromatic rings. The maximum absolute atomic E-state index is 12.8. The highest BCUT2D eigenvalue weighted by Gasteiger charge is 2.15. The molecule has 1 heterocycles. The van der Waals surface area contributed by atoms with Crippen molar-refractivity contribution in [1.82, 2.24) is 9.13 Å². The number of hydrogen-bond donors (Lipinski definition) is 1. The summed E-state index contributed by atoms with van der Waals surface area (Å²) in [4.78, 5) is 12.8. The molecule has 29 heavy (non-hydrogen) atoms. The van der Waals surface area contributed by atoms with Gasteiger partial charge < -0.3 is 9.13 Å². The van der Waals surface area contributed by atoms with Gasteiger partial charge in [-0.05, 0) is 30.0 Å². The van der Waals surface area contributed by atoms with Crippen molar-refractivity contribution in [3.05, 3.63) is 95.1 Å². The number of carbonyl (C=O) groups excluding carboxylic acids is 1. The van der Waals surface area contributed by atoms with E-state index in [1.54, 1.807) is 28.8 Å². The van der Waals surface area contributed by atoms with Crippen molar-refractivity contribution >= 4 is 30.1 Å². The lowest BCUT2D eigenvalue weighted by molar-refractivity contribution is 0.0971. The summed E-state index contributed by atoms with van der Waals surface area (Å²) in [5.74, 6) is -0.0364. The Morgan fingerprint density at radius 1 is 0.931 bits per heavy atom. The van der Waals surface area contributed by atoms with E-state index in [-0.39, 0.29) is 12.3 Å². The van der Waals surface area contributed by atoms with Crippen molar-refractivity contribution in [3.63, 3.8) is 0 Å². The summed E-state index contributed by atoms with van der Waals surface area (Å²) in [6, 6.07) is 23.4. The predicted molar refractivity (Wildman–Crippen MR) is 117 cm³/mol. The Bertz CT molecular complexity index is 1220. The first kappa shape index (κ1) is 19.0. The molecule has 142 valence electrons. The van der Waals surface area contributed by atoms with Crippen LogP contribution in [0.2, 0.25) is 0 Å². The summed E-state index contributed by atoms with van der Waals surface area (Å²) >= 11 is 0. The molecule has 3 aromatic carbocycles. The van der Waals surface area contributed by atoms with Crippen LogP contribution < -0.4 is 11.1 Å². The van der Waals surface area contributed by atoms with Crippen molar-refractivity contribution < 1.29 is 4.79 Å². The normalized spacial score (nSPS) is 11.1. The Balaban J connectivity index is 1.67. The van der Waals surface area contributed by atoms with E-state index in [2.05, 4.69) is 30.3 Å². The third-order valence-electron chi connectivity index (χ3n) is 5.36. The van der Waals surface area contributed by atoms with Gasteiger partial charge in [0.25, 0.3) is 0 Å². The van der Waals surface area contributed by atoms with E-state index in [0.717, 1.165) is 23.9 Å². The molecule has 0 saturated carbocycles. The zero-order valence-electron chi connectivity index (χ0n) is 16.4. The SMILES string of the molecule is [B]c1ccc(C(=O)Cn2c(=N)n(C)c3c(CCc4ccccc4)cccc32)cc1. The van der Waals surface area contributed by atoms with Gasteiger partial charge in [-0.15, -0.1) is 0 Å². The van der Waals surface area contributed by atoms with Gasteiger partial charge >= 0.3 is 0 Å². The first-order valence-corrected chi connectivity index (χ1v) is 9.69. The molecule has 1 aromatic heterocycles. The Kier molecular flexibility index (Phi) is 5.21. The number of benzene rings is 3. The lowest BCUT2D eigenvalue weighted by atomic mass is 9.94. The number of aryl methyl sites for hydroxylation is 3. The van der Waals surface area contributed by atoms with Crippen molar-refractivity contribution in [2.45, 2.75) is 19.4 Å². The molecule has 0 spiro atoms. The second-order valence-corrected chi connectivity index (χ2v) is 7.28. The Hall–Kier alpha value is -3.34. The van der Waals surface area contributed by atoms with E-state index in [9.17, 15) is 4.79 Å². The highest BCUT2D eigenvalue weighted by atomic mass is 16.1. The van der Waals surface area contributed by atoms with Gasteiger partial charge in [0.15, 0.2) is 5.78 Å². The summed E-state index contributed by atoms with van der Waals surface area (Å²) < 4.78 is 3.64. The van der Waals surface area contributed by atoms with E-state index < -0.39 is 0 Å². The number of hydrogen-bond acceptors (Lipinski definition) is 2. The minimum atomic E-state index is -0.0364. The average molecular weight is 379 g/mol. The van der Waals surface area contributed by atoms with Crippen LogP contribution in [0.15, 0.2) is 72.8 Å². The van der Waals surface area contributed by atoms with Gasteiger partial charge in [-0.2, -0.15) is 0 Å². The molecular formula is C24H22BN3O. The van der Waals surface area contributed by atoms with Crippen LogP contribution in [0.5, 0.6) is 0 Å². The number of Topliss-reactive ketones (excluding diaryl/α,β-unsaturated/α-hetero) is 1. The summed E-state index contributed by atoms with van der Waals surface area (Å²) in [7, 11) is 7.61. The van der Waals surface area contributed by atoms with Crippen LogP contribution in [0.1, 0.15) is 21.5 Å². The number of nitrogens with zero attached hydrogens (tertiary/aromatic N) is 2. The van der Waals surface area contributed by atoms with Gasteiger partial charge in [0.1, 0.15) is 7.85 Å². The van der Waals surface area contributed by atoms with Crippen LogP contribution in [-0.2, 0) is 26.4 Å². The molecule has 5 heteroatoms. The van der Waals surface area contributed by atoms with Crippen molar-refractivity contribution in [1.29, 1.82) is 5.41 Å². The van der Waals surface area contributed by atoms with E-state index in [1.807, 2.05) is 29.8 Å². The number of rotatable bonds is 6. The van der Waals surface area contributed by atoms with Crippen LogP contribution in [0.3, 0.4) is 0 Å². The fourth-order valence-electron chi connectivity index (χ4n) is 3.77. The Morgan fingerprint density at radius 3 is 2.38 bits per heavy atom. The fourth-order valence-corrected chi connectivity index (χ4v) is 3.77. The third kappa shape index (κ3) is 3.81. The van der Waals surface area contributed by atoms with Crippen molar-refractivity contribution in [2.75, 3.05) is 0 Å². The first-order valence-electron chi connectivity index (χ1n) is 9.69. The van der Waals surface area contributed by atoms with Crippen LogP contribution in [0.4, 0.5) is 0 Å². The van der Waals surface area contributed by atoms with E-state index in [4.69, 9.17) is 13.3 Å². The summed E-state index contributed by atoms with van der Waals surface area (Å²) in [6.45, 7) is 0.127. The first-order chi connectivity index (χ1) is 14.0. The standard InChI is InChI=1S/C24H22BN3O/c1-27-23-19(11-10-17-6-3-2-4-7-17)8-5-9-21(23)28(24(27)26)16-22(29)18-12-14-20(25)15-13-18/h2-9,12-15,26H,10-11,16H2,1H3. The molecule has 4 rings (SSSR count). The highest BCUT2D eigenvalue weighted by Crippen LogP contribution is 2.20. The van der Waals surface area contributed by atoms with Crippen molar-refractivity contribution in [2.24, 2.45) is 7.05 Å². The van der Waals surface area contributed by atoms with Gasteiger partial charge in [-0.25, -0.2) is 0 Å². The molecule has 2 radical (unpaired) electrons. The molecule has 0 amide bonds. The average Bonchev–Trinajstić information content (AvgIpc) is 2.99. The molecule has 0 aliphatic heterocycles. The molecule has 0 atom stereocenters. The summed E-state index contributed by atoms with van der Waals surface area (Å²) in [5, 5.41) is 8.56. The highest BCUT2D eigenvalue weighted by molar-refractivity contribution is 6.32. The molecule has 0 saturated heterocycles. The van der Waals surface area contributed by atoms with Gasteiger partial charge in [0, 0.05) is 12.6 Å². The number of nitrogens with one attached hydrogen (secondary N) is 1. The summed E-state index contributed by atoms with van der Waals surface area (Å²) in [5.41, 5.74) is 5.94. The zero-order valence-corrected chi connectivity index (χ0v) is 16.4. The molecule has 4 nitrogen and oxygen atoms in total. The lowest BCUT2D eigenvalue weighted by Crippen LogP contribution is -2.26. The quantitative estimate of drug-likeness (QED) is 0.407. The van der Waals surface area contributed by atoms with E-state index in [1.165, 1.54) is 11.1 Å². The second kappa shape index (κ2) is 7.96. The van der Waals surface area contributed by atoms with Gasteiger partial charge in [0.2, 0.25) is 5.62 Å². The number of aromatic nitrogens is 2. The van der Waals surface area contributed by atoms with Crippen molar-refractivity contribution in [3.8, 4) is 0 Å². The van der Waals surface area contributed by atoms with Crippen LogP contribution in [0.25, 0.3) is 11.0 Å². The molecule has 0 fully saturated rings. The monoisotopic (exact) mass is 379 g/mol. The third-order valence-corrected chi connectivity index (χ3v) is 5.36. The Morgan fingerprint density at radius 2 is 1.66 bits per heavy atom. The van der Waals surface area contributed by atoms with Crippen LogP contribution in [-0.4, -0.2) is 22.8 Å². The van der Waals surface area contributed by atoms with E-state index in [0.29, 0.717) is 16.6 Å². The maximum Gasteiger partial charge on any atom is 0.203 e. The molecule has 0 unspecified atom stereocenters. The number of carbonyl (C=O) groups is 1. The Labute approximate surface area is 171 Å². The topological polar surface area (TPSA) is 50.8 Å². The smallest absolute Gasteiger partial charge is 0.203 e. The predicted octanol–water partition coefficient (Wildman–Crippen LogP) is 2.92. The second-order valence-electron chi connectivity index (χ2n) is 7.28. The number of ketones is 1.